The van der Waals surface area contributed by atoms with E-state index in [2.05, 4.69) is 53.5 Å². The number of hydrogen-bond donors (Lipinski definition) is 0. The average molecular weight is 408 g/mol. The van der Waals surface area contributed by atoms with Gasteiger partial charge in [-0.25, -0.2) is 0 Å². The number of fused-ring (bicyclic) bond motifs is 1. The van der Waals surface area contributed by atoms with Crippen molar-refractivity contribution in [3.05, 3.63) is 83.9 Å². The minimum absolute atomic E-state index is 0.117. The van der Waals surface area contributed by atoms with Gasteiger partial charge in [-0.3, -0.25) is 4.90 Å². The van der Waals surface area contributed by atoms with Gasteiger partial charge in [-0.05, 0) is 25.0 Å². The molecule has 0 N–H and O–H groups in total. The van der Waals surface area contributed by atoms with Gasteiger partial charge in [0.15, 0.2) is 12.1 Å². The van der Waals surface area contributed by atoms with Gasteiger partial charge in [-0.1, -0.05) is 72.8 Å². The Balaban J connectivity index is 1.34. The molecule has 3 heterocycles. The number of ether oxygens (including phenoxy) is 4. The zero-order valence-corrected chi connectivity index (χ0v) is 17.5. The minimum Gasteiger partial charge on any atom is -0.368 e. The molecule has 158 valence electrons. The highest BCUT2D eigenvalue weighted by Crippen LogP contribution is 2.41. The third kappa shape index (κ3) is 4.09. The van der Waals surface area contributed by atoms with Crippen LogP contribution in [0.3, 0.4) is 0 Å². The van der Waals surface area contributed by atoms with Gasteiger partial charge in [0.05, 0.1) is 12.6 Å². The van der Waals surface area contributed by atoms with E-state index in [0.29, 0.717) is 6.61 Å². The van der Waals surface area contributed by atoms with Gasteiger partial charge in [0.2, 0.25) is 0 Å². The largest absolute Gasteiger partial charge is 0.368 e. The van der Waals surface area contributed by atoms with E-state index in [1.165, 1.54) is 5.56 Å². The Kier molecular flexibility index (Phi) is 5.48. The van der Waals surface area contributed by atoms with Crippen LogP contribution in [0, 0.1) is 0 Å². The molecule has 0 unspecified atom stereocenters. The monoisotopic (exact) mass is 407 g/mol. The van der Waals surface area contributed by atoms with Crippen molar-refractivity contribution >= 4 is 0 Å². The summed E-state index contributed by atoms with van der Waals surface area (Å²) in [5.41, 5.74) is 2.43. The van der Waals surface area contributed by atoms with Crippen LogP contribution in [0.1, 0.15) is 25.0 Å². The van der Waals surface area contributed by atoms with E-state index in [0.717, 1.165) is 18.7 Å². The molecule has 5 nitrogen and oxygen atoms in total. The van der Waals surface area contributed by atoms with E-state index in [9.17, 15) is 0 Å². The van der Waals surface area contributed by atoms with Gasteiger partial charge >= 0.3 is 0 Å². The zero-order chi connectivity index (χ0) is 20.6. The highest BCUT2D eigenvalue weighted by molar-refractivity contribution is 5.19. The number of nitrogens with zero attached hydrogens (tertiary/aromatic N) is 1. The summed E-state index contributed by atoms with van der Waals surface area (Å²) in [6.45, 7) is 6.14. The second-order valence-electron chi connectivity index (χ2n) is 8.66. The highest BCUT2D eigenvalue weighted by Gasteiger charge is 2.57. The Labute approximate surface area is 178 Å². The summed E-state index contributed by atoms with van der Waals surface area (Å²) in [4.78, 5) is 2.42. The summed E-state index contributed by atoms with van der Waals surface area (Å²) in [5, 5.41) is 0. The quantitative estimate of drug-likeness (QED) is 0.680. The van der Waals surface area contributed by atoms with Crippen LogP contribution in [0.15, 0.2) is 72.8 Å². The van der Waals surface area contributed by atoms with E-state index in [1.54, 1.807) is 0 Å². The fraction of sp³-hybridized carbons (Fsp3) is 0.440. The van der Waals surface area contributed by atoms with Crippen LogP contribution in [0.5, 0.6) is 0 Å². The zero-order valence-electron chi connectivity index (χ0n) is 17.5. The van der Waals surface area contributed by atoms with Crippen molar-refractivity contribution in [2.45, 2.75) is 63.4 Å². The molecule has 0 aromatic heterocycles. The third-order valence-electron chi connectivity index (χ3n) is 5.97. The maximum absolute atomic E-state index is 6.43. The van der Waals surface area contributed by atoms with Crippen LogP contribution < -0.4 is 0 Å². The number of hydrogen-bond acceptors (Lipinski definition) is 5. The lowest BCUT2D eigenvalue weighted by Crippen LogP contribution is -2.47. The molecule has 0 amide bonds. The molecular weight excluding hydrogens is 378 g/mol. The lowest BCUT2D eigenvalue weighted by atomic mass is 10.0. The average Bonchev–Trinajstić information content (AvgIpc) is 3.40. The number of benzene rings is 2. The Hall–Kier alpha value is -2.02. The molecule has 5 atom stereocenters. The van der Waals surface area contributed by atoms with Crippen molar-refractivity contribution in [1.82, 2.24) is 4.90 Å². The predicted octanol–water partition coefficient (Wildman–Crippen LogP) is 3.89. The molecule has 0 saturated carbocycles. The van der Waals surface area contributed by atoms with Gasteiger partial charge in [-0.15, -0.1) is 0 Å². The van der Waals surface area contributed by atoms with Crippen LogP contribution >= 0.6 is 0 Å². The Morgan fingerprint density at radius 2 is 1.63 bits per heavy atom. The molecule has 0 spiro atoms. The molecule has 5 rings (SSSR count). The van der Waals surface area contributed by atoms with Crippen molar-refractivity contribution < 1.29 is 18.9 Å². The summed E-state index contributed by atoms with van der Waals surface area (Å²) in [6, 6.07) is 20.9. The first-order chi connectivity index (χ1) is 14.6. The molecular formula is C25H29NO4. The predicted molar refractivity (Wildman–Crippen MR) is 113 cm³/mol. The first kappa shape index (κ1) is 19.9. The molecule has 0 bridgehead atoms. The normalized spacial score (nSPS) is 32.5. The van der Waals surface area contributed by atoms with Crippen molar-refractivity contribution in [1.29, 1.82) is 0 Å². The highest BCUT2D eigenvalue weighted by atomic mass is 16.8. The van der Waals surface area contributed by atoms with Gasteiger partial charge in [0, 0.05) is 13.1 Å². The SMILES string of the molecule is CC1(C)O[C@H]2O[C@H]([C@H]3C=CCN3Cc3ccccc3)[C@H](OCc3ccccc3)[C@H]2O1. The molecule has 5 heteroatoms. The Morgan fingerprint density at radius 1 is 0.933 bits per heavy atom. The Bertz CT molecular complexity index is 869. The topological polar surface area (TPSA) is 40.2 Å². The molecule has 0 aliphatic carbocycles. The molecule has 2 fully saturated rings. The van der Waals surface area contributed by atoms with Crippen LogP contribution in [-0.2, 0) is 32.1 Å². The summed E-state index contributed by atoms with van der Waals surface area (Å²) in [7, 11) is 0. The molecule has 2 aromatic carbocycles. The van der Waals surface area contributed by atoms with Crippen molar-refractivity contribution in [2.24, 2.45) is 0 Å². The summed E-state index contributed by atoms with van der Waals surface area (Å²) >= 11 is 0. The van der Waals surface area contributed by atoms with Crippen molar-refractivity contribution in [3.63, 3.8) is 0 Å². The van der Waals surface area contributed by atoms with Crippen LogP contribution in [0.25, 0.3) is 0 Å². The second kappa shape index (κ2) is 8.25. The molecule has 30 heavy (non-hydrogen) atoms. The van der Waals surface area contributed by atoms with E-state index in [4.69, 9.17) is 18.9 Å². The van der Waals surface area contributed by atoms with E-state index >= 15 is 0 Å². The molecule has 0 radical (unpaired) electrons. The lowest BCUT2D eigenvalue weighted by molar-refractivity contribution is -0.224. The maximum Gasteiger partial charge on any atom is 0.190 e. The maximum atomic E-state index is 6.43. The fourth-order valence-electron chi connectivity index (χ4n) is 4.62. The minimum atomic E-state index is -0.663. The summed E-state index contributed by atoms with van der Waals surface area (Å²) in [5.74, 6) is -0.663. The molecule has 2 aromatic rings. The van der Waals surface area contributed by atoms with Gasteiger partial charge < -0.3 is 18.9 Å². The molecule has 2 saturated heterocycles. The van der Waals surface area contributed by atoms with Crippen LogP contribution in [0.2, 0.25) is 0 Å². The second-order valence-corrected chi connectivity index (χ2v) is 8.66. The van der Waals surface area contributed by atoms with Crippen molar-refractivity contribution in [3.8, 4) is 0 Å². The number of rotatable bonds is 6. The molecule has 3 aliphatic rings. The Morgan fingerprint density at radius 3 is 2.37 bits per heavy atom. The summed E-state index contributed by atoms with van der Waals surface area (Å²) < 4.78 is 25.1. The van der Waals surface area contributed by atoms with E-state index in [-0.39, 0.29) is 24.4 Å². The lowest BCUT2D eigenvalue weighted by Gasteiger charge is -2.33. The van der Waals surface area contributed by atoms with Gasteiger partial charge in [0.25, 0.3) is 0 Å². The van der Waals surface area contributed by atoms with E-state index < -0.39 is 12.1 Å². The third-order valence-corrected chi connectivity index (χ3v) is 5.97. The van der Waals surface area contributed by atoms with Gasteiger partial charge in [0.1, 0.15) is 18.3 Å². The van der Waals surface area contributed by atoms with Crippen LogP contribution in [-0.4, -0.2) is 47.9 Å². The fourth-order valence-corrected chi connectivity index (χ4v) is 4.62. The van der Waals surface area contributed by atoms with E-state index in [1.807, 2.05) is 38.1 Å². The van der Waals surface area contributed by atoms with Gasteiger partial charge in [-0.2, -0.15) is 0 Å². The first-order valence-corrected chi connectivity index (χ1v) is 10.7. The van der Waals surface area contributed by atoms with Crippen LogP contribution in [0.4, 0.5) is 0 Å². The molecule has 3 aliphatic heterocycles. The first-order valence-electron chi connectivity index (χ1n) is 10.7. The summed E-state index contributed by atoms with van der Waals surface area (Å²) in [6.07, 6.45) is 3.45. The standard InChI is InChI=1S/C25H29NO4/c1-25(2)29-23-22(27-17-19-12-7-4-8-13-19)21(28-24(23)30-25)20-14-9-15-26(20)16-18-10-5-3-6-11-18/h3-14,20-24H,15-17H2,1-2H3/t20-,21-,22+,23-,24-/m1/s1. The van der Waals surface area contributed by atoms with Crippen molar-refractivity contribution in [2.75, 3.05) is 6.54 Å². The smallest absolute Gasteiger partial charge is 0.190 e.